The third-order valence-electron chi connectivity index (χ3n) is 3.84. The molecule has 1 N–H and O–H groups in total. The number of rotatable bonds is 8. The highest BCUT2D eigenvalue weighted by atomic mass is 32.1. The summed E-state index contributed by atoms with van der Waals surface area (Å²) in [6, 6.07) is 18.1. The van der Waals surface area contributed by atoms with Crippen LogP contribution in [-0.4, -0.2) is 17.8 Å². The molecule has 0 amide bonds. The van der Waals surface area contributed by atoms with E-state index in [4.69, 9.17) is 4.74 Å². The van der Waals surface area contributed by atoms with E-state index in [9.17, 15) is 0 Å². The molecule has 0 saturated carbocycles. The van der Waals surface area contributed by atoms with Gasteiger partial charge in [0.15, 0.2) is 0 Å². The first-order valence-electron chi connectivity index (χ1n) is 8.81. The van der Waals surface area contributed by atoms with Crippen molar-refractivity contribution in [3.63, 3.8) is 0 Å². The van der Waals surface area contributed by atoms with Crippen molar-refractivity contribution in [2.24, 2.45) is 5.10 Å². The molecule has 0 saturated heterocycles. The number of hydrogen-bond acceptors (Lipinski definition) is 5. The molecule has 3 aromatic rings. The van der Waals surface area contributed by atoms with Crippen molar-refractivity contribution in [2.75, 3.05) is 12.0 Å². The zero-order valence-electron chi connectivity index (χ0n) is 15.1. The van der Waals surface area contributed by atoms with Crippen molar-refractivity contribution < 1.29 is 4.74 Å². The Hall–Kier alpha value is -2.66. The largest absolute Gasteiger partial charge is 0.494 e. The van der Waals surface area contributed by atoms with Gasteiger partial charge in [0, 0.05) is 10.4 Å². The molecule has 0 atom stereocenters. The molecule has 1 heterocycles. The van der Waals surface area contributed by atoms with E-state index < -0.39 is 0 Å². The number of hydrazone groups is 1. The molecule has 0 spiro atoms. The van der Waals surface area contributed by atoms with Gasteiger partial charge in [0.1, 0.15) is 5.75 Å². The average Bonchev–Trinajstić information content (AvgIpc) is 3.04. The highest BCUT2D eigenvalue weighted by Gasteiger charge is 2.08. The van der Waals surface area contributed by atoms with Crippen LogP contribution in [0.2, 0.25) is 0 Å². The number of anilines is 1. The van der Waals surface area contributed by atoms with Crippen LogP contribution in [0.15, 0.2) is 59.7 Å². The fraction of sp³-hybridized carbons (Fsp3) is 0.238. The zero-order chi connectivity index (χ0) is 18.2. The van der Waals surface area contributed by atoms with E-state index >= 15 is 0 Å². The van der Waals surface area contributed by atoms with E-state index in [0.29, 0.717) is 0 Å². The predicted molar refractivity (Wildman–Crippen MR) is 110 cm³/mol. The van der Waals surface area contributed by atoms with E-state index in [1.807, 2.05) is 42.5 Å². The number of aromatic nitrogens is 1. The van der Waals surface area contributed by atoms with Gasteiger partial charge < -0.3 is 4.74 Å². The van der Waals surface area contributed by atoms with E-state index in [1.165, 1.54) is 4.88 Å². The molecule has 0 bridgehead atoms. The summed E-state index contributed by atoms with van der Waals surface area (Å²) in [5, 5.41) is 5.10. The molecule has 134 valence electrons. The van der Waals surface area contributed by atoms with E-state index in [-0.39, 0.29) is 0 Å². The minimum absolute atomic E-state index is 0.746. The molecule has 0 fully saturated rings. The van der Waals surface area contributed by atoms with Crippen LogP contribution in [0, 0.1) is 6.92 Å². The molecule has 0 aliphatic rings. The first kappa shape index (κ1) is 18.1. The van der Waals surface area contributed by atoms with Crippen LogP contribution < -0.4 is 10.2 Å². The Morgan fingerprint density at radius 3 is 2.81 bits per heavy atom. The fourth-order valence-corrected chi connectivity index (χ4v) is 3.27. The lowest BCUT2D eigenvalue weighted by Gasteiger charge is -2.05. The van der Waals surface area contributed by atoms with Crippen LogP contribution >= 0.6 is 11.3 Å². The summed E-state index contributed by atoms with van der Waals surface area (Å²) in [5.74, 6) is 0.874. The molecule has 26 heavy (non-hydrogen) atoms. The number of unbranched alkanes of at least 4 members (excludes halogenated alkanes) is 1. The highest BCUT2D eigenvalue weighted by molar-refractivity contribution is 7.15. The fourth-order valence-electron chi connectivity index (χ4n) is 2.49. The smallest absolute Gasteiger partial charge is 0.204 e. The lowest BCUT2D eigenvalue weighted by molar-refractivity contribution is 0.309. The lowest BCUT2D eigenvalue weighted by atomic mass is 10.1. The Morgan fingerprint density at radius 2 is 2.00 bits per heavy atom. The maximum Gasteiger partial charge on any atom is 0.204 e. The van der Waals surface area contributed by atoms with E-state index in [0.717, 1.165) is 47.2 Å². The summed E-state index contributed by atoms with van der Waals surface area (Å²) in [6.45, 7) is 4.98. The molecule has 2 aromatic carbocycles. The number of nitrogens with one attached hydrogen (secondary N) is 1. The molecular weight excluding hydrogens is 342 g/mol. The third-order valence-corrected chi connectivity index (χ3v) is 4.72. The van der Waals surface area contributed by atoms with Gasteiger partial charge in [-0.05, 0) is 31.0 Å². The molecule has 0 aliphatic carbocycles. The molecular formula is C21H23N3OS. The summed E-state index contributed by atoms with van der Waals surface area (Å²) in [5.41, 5.74) is 6.14. The zero-order valence-corrected chi connectivity index (χ0v) is 15.9. The second-order valence-corrected chi connectivity index (χ2v) is 7.14. The van der Waals surface area contributed by atoms with Crippen molar-refractivity contribution >= 4 is 22.7 Å². The molecule has 3 rings (SSSR count). The summed E-state index contributed by atoms with van der Waals surface area (Å²) in [7, 11) is 0. The molecule has 5 heteroatoms. The normalized spacial score (nSPS) is 11.0. The van der Waals surface area contributed by atoms with Gasteiger partial charge in [-0.2, -0.15) is 5.10 Å². The van der Waals surface area contributed by atoms with Crippen LogP contribution in [0.4, 0.5) is 5.13 Å². The second-order valence-electron chi connectivity index (χ2n) is 5.93. The molecule has 4 nitrogen and oxygen atoms in total. The van der Waals surface area contributed by atoms with Crippen molar-refractivity contribution in [3.05, 3.63) is 65.0 Å². The Balaban J connectivity index is 1.63. The SMILES string of the molecule is CCCCOc1cccc(/C=N/Nc2nc(-c3ccccc3)c(C)s2)c1. The second kappa shape index (κ2) is 9.15. The van der Waals surface area contributed by atoms with Crippen molar-refractivity contribution in [3.8, 4) is 17.0 Å². The number of hydrogen-bond donors (Lipinski definition) is 1. The molecule has 0 unspecified atom stereocenters. The topological polar surface area (TPSA) is 46.5 Å². The van der Waals surface area contributed by atoms with Crippen LogP contribution in [0.5, 0.6) is 5.75 Å². The summed E-state index contributed by atoms with van der Waals surface area (Å²) in [6.07, 6.45) is 3.97. The van der Waals surface area contributed by atoms with Gasteiger partial charge in [-0.25, -0.2) is 4.98 Å². The summed E-state index contributed by atoms with van der Waals surface area (Å²) in [4.78, 5) is 5.81. The number of ether oxygens (including phenoxy) is 1. The maximum absolute atomic E-state index is 5.73. The highest BCUT2D eigenvalue weighted by Crippen LogP contribution is 2.30. The first-order valence-corrected chi connectivity index (χ1v) is 9.62. The van der Waals surface area contributed by atoms with E-state index in [2.05, 4.69) is 41.5 Å². The first-order chi connectivity index (χ1) is 12.8. The Morgan fingerprint density at radius 1 is 1.15 bits per heavy atom. The minimum Gasteiger partial charge on any atom is -0.494 e. The van der Waals surface area contributed by atoms with Gasteiger partial charge in [-0.1, -0.05) is 55.8 Å². The van der Waals surface area contributed by atoms with Gasteiger partial charge in [0.05, 0.1) is 18.5 Å². The van der Waals surface area contributed by atoms with Crippen molar-refractivity contribution in [1.29, 1.82) is 0 Å². The molecule has 0 radical (unpaired) electrons. The van der Waals surface area contributed by atoms with Crippen LogP contribution in [0.3, 0.4) is 0 Å². The predicted octanol–water partition coefficient (Wildman–Crippen LogP) is 5.74. The minimum atomic E-state index is 0.746. The van der Waals surface area contributed by atoms with Gasteiger partial charge >= 0.3 is 0 Å². The Bertz CT molecular complexity index is 859. The van der Waals surface area contributed by atoms with Crippen molar-refractivity contribution in [1.82, 2.24) is 4.98 Å². The molecule has 1 aromatic heterocycles. The number of benzene rings is 2. The Labute approximate surface area is 158 Å². The lowest BCUT2D eigenvalue weighted by Crippen LogP contribution is -1.97. The molecule has 0 aliphatic heterocycles. The van der Waals surface area contributed by atoms with Gasteiger partial charge in [-0.15, -0.1) is 11.3 Å². The number of nitrogens with zero attached hydrogens (tertiary/aromatic N) is 2. The monoisotopic (exact) mass is 365 g/mol. The van der Waals surface area contributed by atoms with Crippen molar-refractivity contribution in [2.45, 2.75) is 26.7 Å². The summed E-state index contributed by atoms with van der Waals surface area (Å²) >= 11 is 1.60. The quantitative estimate of drug-likeness (QED) is 0.314. The number of aryl methyl sites for hydroxylation is 1. The number of thiazole rings is 1. The van der Waals surface area contributed by atoms with Crippen LogP contribution in [-0.2, 0) is 0 Å². The third kappa shape index (κ3) is 4.92. The Kier molecular flexibility index (Phi) is 6.39. The average molecular weight is 366 g/mol. The summed E-state index contributed by atoms with van der Waals surface area (Å²) < 4.78 is 5.73. The van der Waals surface area contributed by atoms with Crippen LogP contribution in [0.1, 0.15) is 30.2 Å². The van der Waals surface area contributed by atoms with Gasteiger partial charge in [0.2, 0.25) is 5.13 Å². The standard InChI is InChI=1S/C21H23N3OS/c1-3-4-13-25-19-12-8-9-17(14-19)15-22-24-21-23-20(16(2)26-21)18-10-6-5-7-11-18/h5-12,14-15H,3-4,13H2,1-2H3,(H,23,24)/b22-15+. The maximum atomic E-state index is 5.73. The van der Waals surface area contributed by atoms with Gasteiger partial charge in [0.25, 0.3) is 0 Å². The van der Waals surface area contributed by atoms with Crippen LogP contribution in [0.25, 0.3) is 11.3 Å². The van der Waals surface area contributed by atoms with E-state index in [1.54, 1.807) is 17.6 Å². The van der Waals surface area contributed by atoms with Gasteiger partial charge in [-0.3, -0.25) is 5.43 Å².